The van der Waals surface area contributed by atoms with E-state index in [2.05, 4.69) is 26.5 Å². The Hall–Kier alpha value is -1.88. The highest BCUT2D eigenvalue weighted by molar-refractivity contribution is 7.09. The number of esters is 1. The van der Waals surface area contributed by atoms with Gasteiger partial charge in [-0.25, -0.2) is 9.78 Å². The number of ether oxygens (including phenoxy) is 1. The van der Waals surface area contributed by atoms with Gasteiger partial charge in [-0.15, -0.1) is 11.3 Å². The molecule has 0 atom stereocenters. The van der Waals surface area contributed by atoms with Crippen LogP contribution in [0.2, 0.25) is 0 Å². The molecule has 2 heterocycles. The van der Waals surface area contributed by atoms with Crippen molar-refractivity contribution < 1.29 is 9.53 Å². The predicted molar refractivity (Wildman–Crippen MR) is 76.8 cm³/mol. The van der Waals surface area contributed by atoms with E-state index in [0.29, 0.717) is 11.3 Å². The van der Waals surface area contributed by atoms with Crippen LogP contribution >= 0.6 is 11.3 Å². The first-order valence-electron chi connectivity index (χ1n) is 6.03. The van der Waals surface area contributed by atoms with Crippen LogP contribution < -0.4 is 5.32 Å². The van der Waals surface area contributed by atoms with Crippen molar-refractivity contribution in [1.29, 1.82) is 0 Å². The minimum atomic E-state index is -0.352. The molecule has 0 aliphatic carbocycles. The SMILES string of the molecule is COC(=O)c1ccc(NCCc2cccs2)nc1C. The summed E-state index contributed by atoms with van der Waals surface area (Å²) in [6, 6.07) is 7.70. The van der Waals surface area contributed by atoms with Crippen molar-refractivity contribution in [3.8, 4) is 0 Å². The summed E-state index contributed by atoms with van der Waals surface area (Å²) in [7, 11) is 1.37. The van der Waals surface area contributed by atoms with Gasteiger partial charge in [0, 0.05) is 11.4 Å². The van der Waals surface area contributed by atoms with Crippen LogP contribution in [-0.2, 0) is 11.2 Å². The van der Waals surface area contributed by atoms with Crippen LogP contribution in [0.25, 0.3) is 0 Å². The van der Waals surface area contributed by atoms with Gasteiger partial charge in [0.25, 0.3) is 0 Å². The Bertz CT molecular complexity index is 553. The average Bonchev–Trinajstić information content (AvgIpc) is 2.91. The second-order valence-corrected chi connectivity index (χ2v) is 5.11. The minimum Gasteiger partial charge on any atom is -0.465 e. The third-order valence-electron chi connectivity index (χ3n) is 2.75. The van der Waals surface area contributed by atoms with Crippen LogP contribution in [0.1, 0.15) is 20.9 Å². The second-order valence-electron chi connectivity index (χ2n) is 4.08. The number of pyridine rings is 1. The second kappa shape index (κ2) is 6.33. The molecule has 1 N–H and O–H groups in total. The zero-order valence-corrected chi connectivity index (χ0v) is 11.8. The zero-order valence-electron chi connectivity index (χ0n) is 11.0. The molecular formula is C14H16N2O2S. The summed E-state index contributed by atoms with van der Waals surface area (Å²) in [5, 5.41) is 5.32. The van der Waals surface area contributed by atoms with Crippen molar-refractivity contribution in [3.63, 3.8) is 0 Å². The fourth-order valence-electron chi connectivity index (χ4n) is 1.75. The van der Waals surface area contributed by atoms with Gasteiger partial charge >= 0.3 is 5.97 Å². The number of hydrogen-bond donors (Lipinski definition) is 1. The Morgan fingerprint density at radius 2 is 2.26 bits per heavy atom. The van der Waals surface area contributed by atoms with Gasteiger partial charge in [-0.3, -0.25) is 0 Å². The highest BCUT2D eigenvalue weighted by Gasteiger charge is 2.10. The monoisotopic (exact) mass is 276 g/mol. The van der Waals surface area contributed by atoms with Gasteiger partial charge in [-0.05, 0) is 36.9 Å². The Labute approximate surface area is 116 Å². The van der Waals surface area contributed by atoms with Gasteiger partial charge in [0.05, 0.1) is 18.4 Å². The number of carbonyl (C=O) groups is 1. The average molecular weight is 276 g/mol. The quantitative estimate of drug-likeness (QED) is 0.853. The first kappa shape index (κ1) is 13.5. The van der Waals surface area contributed by atoms with E-state index < -0.39 is 0 Å². The zero-order chi connectivity index (χ0) is 13.7. The van der Waals surface area contributed by atoms with Gasteiger partial charge < -0.3 is 10.1 Å². The van der Waals surface area contributed by atoms with E-state index in [-0.39, 0.29) is 5.97 Å². The molecule has 0 aromatic carbocycles. The standard InChI is InChI=1S/C14H16N2O2S/c1-10-12(14(17)18-2)5-6-13(16-10)15-8-7-11-4-3-9-19-11/h3-6,9H,7-8H2,1-2H3,(H,15,16). The van der Waals surface area contributed by atoms with Crippen LogP contribution in [0.4, 0.5) is 5.82 Å². The molecule has 0 saturated carbocycles. The minimum absolute atomic E-state index is 0.352. The van der Waals surface area contributed by atoms with E-state index in [1.807, 2.05) is 6.07 Å². The molecule has 0 fully saturated rings. The molecule has 4 nitrogen and oxygen atoms in total. The number of thiophene rings is 1. The summed E-state index contributed by atoms with van der Waals surface area (Å²) in [4.78, 5) is 17.1. The molecule has 0 bridgehead atoms. The molecule has 19 heavy (non-hydrogen) atoms. The Kier molecular flexibility index (Phi) is 4.52. The molecule has 0 saturated heterocycles. The van der Waals surface area contributed by atoms with Crippen LogP contribution in [0.15, 0.2) is 29.6 Å². The molecule has 0 aliphatic rings. The number of methoxy groups -OCH3 is 1. The molecule has 0 aliphatic heterocycles. The van der Waals surface area contributed by atoms with Gasteiger partial charge in [0.15, 0.2) is 0 Å². The number of hydrogen-bond acceptors (Lipinski definition) is 5. The first-order chi connectivity index (χ1) is 9.20. The maximum absolute atomic E-state index is 11.4. The van der Waals surface area contributed by atoms with Gasteiger partial charge in [0.1, 0.15) is 5.82 Å². The van der Waals surface area contributed by atoms with Crippen LogP contribution in [0.3, 0.4) is 0 Å². The van der Waals surface area contributed by atoms with Gasteiger partial charge in [-0.2, -0.15) is 0 Å². The van der Waals surface area contributed by atoms with E-state index in [1.54, 1.807) is 30.4 Å². The first-order valence-corrected chi connectivity index (χ1v) is 6.91. The normalized spacial score (nSPS) is 10.2. The Morgan fingerprint density at radius 1 is 1.42 bits per heavy atom. The third-order valence-corrected chi connectivity index (χ3v) is 3.68. The maximum atomic E-state index is 11.4. The van der Waals surface area contributed by atoms with E-state index in [1.165, 1.54) is 12.0 Å². The lowest BCUT2D eigenvalue weighted by Crippen LogP contribution is -2.09. The summed E-state index contributed by atoms with van der Waals surface area (Å²) in [5.74, 6) is 0.428. The molecular weight excluding hydrogens is 260 g/mol. The summed E-state index contributed by atoms with van der Waals surface area (Å²) < 4.78 is 4.69. The maximum Gasteiger partial charge on any atom is 0.339 e. The molecule has 2 rings (SSSR count). The van der Waals surface area contributed by atoms with Crippen molar-refractivity contribution in [1.82, 2.24) is 4.98 Å². The molecule has 2 aromatic heterocycles. The fourth-order valence-corrected chi connectivity index (χ4v) is 2.46. The summed E-state index contributed by atoms with van der Waals surface area (Å²) in [6.45, 7) is 2.63. The van der Waals surface area contributed by atoms with E-state index in [0.717, 1.165) is 18.8 Å². The van der Waals surface area contributed by atoms with Crippen LogP contribution in [-0.4, -0.2) is 24.6 Å². The molecule has 2 aromatic rings. The Balaban J connectivity index is 1.94. The topological polar surface area (TPSA) is 51.2 Å². The van der Waals surface area contributed by atoms with Crippen molar-refractivity contribution in [3.05, 3.63) is 45.8 Å². The number of aryl methyl sites for hydroxylation is 1. The van der Waals surface area contributed by atoms with Crippen molar-refractivity contribution in [2.24, 2.45) is 0 Å². The highest BCUT2D eigenvalue weighted by atomic mass is 32.1. The smallest absolute Gasteiger partial charge is 0.339 e. The van der Waals surface area contributed by atoms with Crippen molar-refractivity contribution in [2.45, 2.75) is 13.3 Å². The molecule has 0 amide bonds. The number of aromatic nitrogens is 1. The van der Waals surface area contributed by atoms with Gasteiger partial charge in [-0.1, -0.05) is 6.07 Å². The van der Waals surface area contributed by atoms with Crippen molar-refractivity contribution >= 4 is 23.1 Å². The number of rotatable bonds is 5. The number of nitrogens with one attached hydrogen (secondary N) is 1. The lowest BCUT2D eigenvalue weighted by Gasteiger charge is -2.08. The summed E-state index contributed by atoms with van der Waals surface area (Å²) in [5.41, 5.74) is 1.18. The molecule has 5 heteroatoms. The fraction of sp³-hybridized carbons (Fsp3) is 0.286. The van der Waals surface area contributed by atoms with Crippen LogP contribution in [0.5, 0.6) is 0 Å². The van der Waals surface area contributed by atoms with E-state index in [9.17, 15) is 4.79 Å². The summed E-state index contributed by atoms with van der Waals surface area (Å²) in [6.07, 6.45) is 0.969. The molecule has 0 unspecified atom stereocenters. The van der Waals surface area contributed by atoms with E-state index >= 15 is 0 Å². The largest absolute Gasteiger partial charge is 0.465 e. The summed E-state index contributed by atoms with van der Waals surface area (Å²) >= 11 is 1.75. The van der Waals surface area contributed by atoms with Gasteiger partial charge in [0.2, 0.25) is 0 Å². The van der Waals surface area contributed by atoms with Crippen LogP contribution in [0, 0.1) is 6.92 Å². The van der Waals surface area contributed by atoms with Crippen molar-refractivity contribution in [2.75, 3.05) is 19.0 Å². The lowest BCUT2D eigenvalue weighted by atomic mass is 10.2. The molecule has 100 valence electrons. The lowest BCUT2D eigenvalue weighted by molar-refractivity contribution is 0.0599. The number of anilines is 1. The molecule has 0 radical (unpaired) electrons. The number of carbonyl (C=O) groups excluding carboxylic acids is 1. The predicted octanol–water partition coefficient (Wildman–Crippen LogP) is 2.89. The highest BCUT2D eigenvalue weighted by Crippen LogP contribution is 2.13. The Morgan fingerprint density at radius 3 is 2.89 bits per heavy atom. The molecule has 0 spiro atoms. The third kappa shape index (κ3) is 3.54. The van der Waals surface area contributed by atoms with E-state index in [4.69, 9.17) is 0 Å². The number of nitrogens with zero attached hydrogens (tertiary/aromatic N) is 1.